The van der Waals surface area contributed by atoms with Crippen molar-refractivity contribution >= 4 is 39.3 Å². The van der Waals surface area contributed by atoms with E-state index in [2.05, 4.69) is 26.9 Å². The maximum absolute atomic E-state index is 12.2. The summed E-state index contributed by atoms with van der Waals surface area (Å²) in [6, 6.07) is 8.11. The van der Waals surface area contributed by atoms with Gasteiger partial charge in [0.25, 0.3) is 0 Å². The molecule has 0 N–H and O–H groups in total. The lowest BCUT2D eigenvalue weighted by Gasteiger charge is -2.40. The Kier molecular flexibility index (Phi) is 3.41. The maximum Gasteiger partial charge on any atom is 0.238 e. The minimum Gasteiger partial charge on any atom is -0.296 e. The average Bonchev–Trinajstić information content (AvgIpc) is 2.67. The molecule has 1 saturated heterocycles. The number of carbonyl (C=O) groups is 1. The second kappa shape index (κ2) is 4.89. The summed E-state index contributed by atoms with van der Waals surface area (Å²) in [6.45, 7) is 0. The fourth-order valence-electron chi connectivity index (χ4n) is 3.02. The molecular weight excluding hydrogens is 310 g/mol. The van der Waals surface area contributed by atoms with Gasteiger partial charge in [-0.1, -0.05) is 41.3 Å². The van der Waals surface area contributed by atoms with Gasteiger partial charge in [-0.05, 0) is 31.0 Å². The Morgan fingerprint density at radius 1 is 1.22 bits per heavy atom. The molecule has 0 radical (unpaired) electrons. The summed E-state index contributed by atoms with van der Waals surface area (Å²) >= 11 is 5.34. The lowest BCUT2D eigenvalue weighted by atomic mass is 9.93. The summed E-state index contributed by atoms with van der Waals surface area (Å²) in [5, 5.41) is 0. The SMILES string of the molecule is O=C1CSC2(CCCCC2)N1c1cccc(Br)c1. The molecule has 1 aromatic rings. The summed E-state index contributed by atoms with van der Waals surface area (Å²) < 4.78 is 1.04. The topological polar surface area (TPSA) is 20.3 Å². The van der Waals surface area contributed by atoms with Gasteiger partial charge in [0.1, 0.15) is 0 Å². The van der Waals surface area contributed by atoms with Crippen molar-refractivity contribution in [2.45, 2.75) is 37.0 Å². The maximum atomic E-state index is 12.2. The van der Waals surface area contributed by atoms with Crippen LogP contribution in [0.1, 0.15) is 32.1 Å². The van der Waals surface area contributed by atoms with E-state index in [0.717, 1.165) is 23.0 Å². The van der Waals surface area contributed by atoms with E-state index in [1.54, 1.807) is 0 Å². The van der Waals surface area contributed by atoms with Crippen LogP contribution in [0.5, 0.6) is 0 Å². The number of rotatable bonds is 1. The molecule has 0 aromatic heterocycles. The normalized spacial score (nSPS) is 22.7. The van der Waals surface area contributed by atoms with Crippen molar-refractivity contribution in [1.82, 2.24) is 0 Å². The molecule has 0 bridgehead atoms. The van der Waals surface area contributed by atoms with Gasteiger partial charge in [-0.2, -0.15) is 0 Å². The minimum atomic E-state index is 0.0378. The summed E-state index contributed by atoms with van der Waals surface area (Å²) in [4.78, 5) is 14.3. The summed E-state index contributed by atoms with van der Waals surface area (Å²) in [6.07, 6.45) is 6.06. The lowest BCUT2D eigenvalue weighted by Crippen LogP contribution is -2.45. The number of hydrogen-bond donors (Lipinski definition) is 0. The van der Waals surface area contributed by atoms with Crippen LogP contribution >= 0.6 is 27.7 Å². The molecular formula is C14H16BrNOS. The van der Waals surface area contributed by atoms with Gasteiger partial charge in [0.05, 0.1) is 10.6 Å². The molecule has 18 heavy (non-hydrogen) atoms. The third-order valence-electron chi connectivity index (χ3n) is 3.82. The molecule has 1 amide bonds. The first kappa shape index (κ1) is 12.5. The van der Waals surface area contributed by atoms with E-state index in [1.165, 1.54) is 19.3 Å². The van der Waals surface area contributed by atoms with Crippen LogP contribution in [0.25, 0.3) is 0 Å². The van der Waals surface area contributed by atoms with Crippen molar-refractivity contribution in [2.75, 3.05) is 10.7 Å². The monoisotopic (exact) mass is 325 g/mol. The van der Waals surface area contributed by atoms with E-state index >= 15 is 0 Å². The minimum absolute atomic E-state index is 0.0378. The molecule has 1 aliphatic carbocycles. The van der Waals surface area contributed by atoms with Crippen LogP contribution in [0.15, 0.2) is 28.7 Å². The first-order valence-electron chi connectivity index (χ1n) is 6.44. The van der Waals surface area contributed by atoms with E-state index in [4.69, 9.17) is 0 Å². The number of hydrogen-bond acceptors (Lipinski definition) is 2. The van der Waals surface area contributed by atoms with Gasteiger partial charge < -0.3 is 0 Å². The van der Waals surface area contributed by atoms with E-state index in [1.807, 2.05) is 30.0 Å². The van der Waals surface area contributed by atoms with Crippen molar-refractivity contribution in [3.05, 3.63) is 28.7 Å². The molecule has 2 fully saturated rings. The highest BCUT2D eigenvalue weighted by atomic mass is 79.9. The first-order valence-corrected chi connectivity index (χ1v) is 8.22. The van der Waals surface area contributed by atoms with E-state index in [-0.39, 0.29) is 10.8 Å². The van der Waals surface area contributed by atoms with Gasteiger partial charge >= 0.3 is 0 Å². The van der Waals surface area contributed by atoms with E-state index in [0.29, 0.717) is 5.75 Å². The lowest BCUT2D eigenvalue weighted by molar-refractivity contribution is -0.116. The van der Waals surface area contributed by atoms with Crippen LogP contribution in [0.4, 0.5) is 5.69 Å². The zero-order valence-electron chi connectivity index (χ0n) is 10.2. The van der Waals surface area contributed by atoms with Gasteiger partial charge in [0.2, 0.25) is 5.91 Å². The molecule has 1 spiro atoms. The van der Waals surface area contributed by atoms with Crippen molar-refractivity contribution < 1.29 is 4.79 Å². The highest BCUT2D eigenvalue weighted by Gasteiger charge is 2.47. The zero-order valence-corrected chi connectivity index (χ0v) is 12.6. The third-order valence-corrected chi connectivity index (χ3v) is 5.84. The Hall–Kier alpha value is -0.480. The van der Waals surface area contributed by atoms with Crippen LogP contribution in [0.2, 0.25) is 0 Å². The fraction of sp³-hybridized carbons (Fsp3) is 0.500. The molecule has 1 aromatic carbocycles. The van der Waals surface area contributed by atoms with Crippen LogP contribution < -0.4 is 4.90 Å². The van der Waals surface area contributed by atoms with Gasteiger partial charge in [0.15, 0.2) is 0 Å². The molecule has 1 saturated carbocycles. The van der Waals surface area contributed by atoms with Crippen LogP contribution in [0.3, 0.4) is 0 Å². The second-order valence-electron chi connectivity index (χ2n) is 5.00. The Balaban J connectivity index is 1.99. The van der Waals surface area contributed by atoms with Gasteiger partial charge in [-0.15, -0.1) is 11.8 Å². The summed E-state index contributed by atoms with van der Waals surface area (Å²) in [7, 11) is 0. The molecule has 3 rings (SSSR count). The van der Waals surface area contributed by atoms with Gasteiger partial charge in [0, 0.05) is 10.2 Å². The zero-order chi connectivity index (χ0) is 12.6. The highest BCUT2D eigenvalue weighted by Crippen LogP contribution is 2.49. The van der Waals surface area contributed by atoms with Crippen LogP contribution in [-0.2, 0) is 4.79 Å². The van der Waals surface area contributed by atoms with Gasteiger partial charge in [-0.25, -0.2) is 0 Å². The largest absolute Gasteiger partial charge is 0.296 e. The van der Waals surface area contributed by atoms with Crippen molar-refractivity contribution in [2.24, 2.45) is 0 Å². The van der Waals surface area contributed by atoms with Gasteiger partial charge in [-0.3, -0.25) is 9.69 Å². The number of benzene rings is 1. The number of halogens is 1. The average molecular weight is 326 g/mol. The van der Waals surface area contributed by atoms with Crippen molar-refractivity contribution in [1.29, 1.82) is 0 Å². The second-order valence-corrected chi connectivity index (χ2v) is 7.26. The van der Waals surface area contributed by atoms with Crippen LogP contribution in [0, 0.1) is 0 Å². The highest BCUT2D eigenvalue weighted by molar-refractivity contribution is 9.10. The number of carbonyl (C=O) groups excluding carboxylic acids is 1. The quantitative estimate of drug-likeness (QED) is 0.771. The number of thioether (sulfide) groups is 1. The molecule has 1 heterocycles. The molecule has 4 heteroatoms. The predicted molar refractivity (Wildman–Crippen MR) is 79.9 cm³/mol. The number of anilines is 1. The summed E-state index contributed by atoms with van der Waals surface area (Å²) in [5.41, 5.74) is 1.04. The third kappa shape index (κ3) is 2.10. The molecule has 96 valence electrons. The smallest absolute Gasteiger partial charge is 0.238 e. The van der Waals surface area contributed by atoms with E-state index < -0.39 is 0 Å². The first-order chi connectivity index (χ1) is 8.71. The Labute approximate surface area is 120 Å². The van der Waals surface area contributed by atoms with Crippen LogP contribution in [-0.4, -0.2) is 16.5 Å². The number of amides is 1. The predicted octanol–water partition coefficient (Wildman–Crippen LogP) is 4.19. The molecule has 2 nitrogen and oxygen atoms in total. The fourth-order valence-corrected chi connectivity index (χ4v) is 4.84. The van der Waals surface area contributed by atoms with Crippen molar-refractivity contribution in [3.63, 3.8) is 0 Å². The molecule has 1 aliphatic heterocycles. The Morgan fingerprint density at radius 3 is 2.72 bits per heavy atom. The number of nitrogens with zero attached hydrogens (tertiary/aromatic N) is 1. The summed E-state index contributed by atoms with van der Waals surface area (Å²) in [5.74, 6) is 0.895. The molecule has 0 atom stereocenters. The van der Waals surface area contributed by atoms with Crippen molar-refractivity contribution in [3.8, 4) is 0 Å². The Bertz CT molecular complexity index is 471. The molecule has 2 aliphatic rings. The standard InChI is InChI=1S/C14H16BrNOS/c15-11-5-4-6-12(9-11)16-13(17)10-18-14(16)7-2-1-3-8-14/h4-6,9H,1-3,7-8,10H2. The Morgan fingerprint density at radius 2 is 2.00 bits per heavy atom. The van der Waals surface area contributed by atoms with E-state index in [9.17, 15) is 4.79 Å². The molecule has 0 unspecified atom stereocenters.